The fourth-order valence-corrected chi connectivity index (χ4v) is 4.12. The monoisotopic (exact) mass is 384 g/mol. The molecule has 1 saturated carbocycles. The molecule has 2 amide bonds. The predicted octanol–water partition coefficient (Wildman–Crippen LogP) is 4.66. The first-order valence-electron chi connectivity index (χ1n) is 11.1. The van der Waals surface area contributed by atoms with Crippen molar-refractivity contribution in [3.63, 3.8) is 0 Å². The summed E-state index contributed by atoms with van der Waals surface area (Å²) in [4.78, 5) is 27.1. The summed E-state index contributed by atoms with van der Waals surface area (Å²) in [6.07, 6.45) is 4.78. The molecule has 1 saturated heterocycles. The molecule has 1 aromatic carbocycles. The molecule has 1 aliphatic carbocycles. The van der Waals surface area contributed by atoms with Crippen LogP contribution in [0, 0.1) is 17.8 Å². The minimum Gasteiger partial charge on any atom is -0.349 e. The van der Waals surface area contributed by atoms with E-state index in [1.54, 1.807) is 0 Å². The van der Waals surface area contributed by atoms with Gasteiger partial charge in [0.25, 0.3) is 0 Å². The zero-order chi connectivity index (χ0) is 20.3. The normalized spacial score (nSPS) is 20.1. The summed E-state index contributed by atoms with van der Waals surface area (Å²) in [5.74, 6) is 1.63. The maximum atomic E-state index is 12.9. The highest BCUT2D eigenvalue weighted by Gasteiger charge is 2.36. The lowest BCUT2D eigenvalue weighted by molar-refractivity contribution is -0.137. The van der Waals surface area contributed by atoms with Crippen LogP contribution in [0.5, 0.6) is 0 Å². The molecule has 1 aliphatic heterocycles. The number of amides is 2. The summed E-state index contributed by atoms with van der Waals surface area (Å²) >= 11 is 0. The van der Waals surface area contributed by atoms with E-state index < -0.39 is 0 Å². The number of hydrogen-bond donors (Lipinski definition) is 1. The number of rotatable bonds is 7. The fraction of sp³-hybridized carbons (Fsp3) is 0.667. The van der Waals surface area contributed by atoms with Gasteiger partial charge in [-0.15, -0.1) is 0 Å². The van der Waals surface area contributed by atoms with E-state index >= 15 is 0 Å². The molecule has 2 unspecified atom stereocenters. The zero-order valence-corrected chi connectivity index (χ0v) is 17.9. The van der Waals surface area contributed by atoms with Crippen LogP contribution in [0.25, 0.3) is 0 Å². The Morgan fingerprint density at radius 3 is 2.04 bits per heavy atom. The number of carbonyl (C=O) groups excluding carboxylic acids is 2. The lowest BCUT2D eigenvalue weighted by atomic mass is 9.90. The van der Waals surface area contributed by atoms with Crippen LogP contribution in [0.4, 0.5) is 0 Å². The molecule has 0 radical (unpaired) electrons. The van der Waals surface area contributed by atoms with Crippen LogP contribution < -0.4 is 5.32 Å². The molecular weight excluding hydrogens is 348 g/mol. The molecule has 28 heavy (non-hydrogen) atoms. The molecular formula is C24H36N2O2. The Bertz CT molecular complexity index is 670. The second kappa shape index (κ2) is 9.11. The summed E-state index contributed by atoms with van der Waals surface area (Å²) in [5.41, 5.74) is 2.53. The maximum Gasteiger partial charge on any atom is 0.225 e. The maximum absolute atomic E-state index is 12.9. The van der Waals surface area contributed by atoms with Crippen LogP contribution in [0.1, 0.15) is 82.9 Å². The highest BCUT2D eigenvalue weighted by atomic mass is 16.2. The van der Waals surface area contributed by atoms with Gasteiger partial charge < -0.3 is 10.2 Å². The van der Waals surface area contributed by atoms with E-state index in [9.17, 15) is 9.59 Å². The summed E-state index contributed by atoms with van der Waals surface area (Å²) in [6, 6.07) is 8.77. The van der Waals surface area contributed by atoms with Crippen LogP contribution in [0.2, 0.25) is 0 Å². The number of likely N-dealkylation sites (tertiary alicyclic amines) is 1. The minimum atomic E-state index is 0.0175. The molecule has 1 N–H and O–H groups in total. The van der Waals surface area contributed by atoms with Crippen molar-refractivity contribution in [1.82, 2.24) is 10.2 Å². The van der Waals surface area contributed by atoms with E-state index in [4.69, 9.17) is 0 Å². The summed E-state index contributed by atoms with van der Waals surface area (Å²) in [6.45, 7) is 10.2. The van der Waals surface area contributed by atoms with Gasteiger partial charge in [0.1, 0.15) is 0 Å². The quantitative estimate of drug-likeness (QED) is 0.743. The van der Waals surface area contributed by atoms with Crippen molar-refractivity contribution in [2.75, 3.05) is 13.1 Å². The number of piperidine rings is 1. The van der Waals surface area contributed by atoms with E-state index in [1.165, 1.54) is 11.1 Å². The van der Waals surface area contributed by atoms with E-state index in [0.29, 0.717) is 17.7 Å². The van der Waals surface area contributed by atoms with Gasteiger partial charge in [-0.2, -0.15) is 0 Å². The van der Waals surface area contributed by atoms with Crippen LogP contribution in [0.15, 0.2) is 24.3 Å². The Kier molecular flexibility index (Phi) is 6.79. The standard InChI is InChI=1S/C24H36N2O2/c1-5-17(4)18-6-8-19(9-7-18)22(16(2)3)25-23(27)20-12-14-26(15-13-20)24(28)21-10-11-21/h6-9,16-17,20-22H,5,10-15H2,1-4H3,(H,25,27). The highest BCUT2D eigenvalue weighted by molar-refractivity contribution is 5.82. The number of nitrogens with zero attached hydrogens (tertiary/aromatic N) is 1. The van der Waals surface area contributed by atoms with E-state index in [1.807, 2.05) is 4.90 Å². The van der Waals surface area contributed by atoms with E-state index in [0.717, 1.165) is 45.2 Å². The topological polar surface area (TPSA) is 49.4 Å². The number of carbonyl (C=O) groups is 2. The van der Waals surface area contributed by atoms with Gasteiger partial charge in [0.15, 0.2) is 0 Å². The molecule has 0 bridgehead atoms. The molecule has 2 fully saturated rings. The zero-order valence-electron chi connectivity index (χ0n) is 17.9. The first-order chi connectivity index (χ1) is 13.4. The third-order valence-corrected chi connectivity index (χ3v) is 6.55. The third-order valence-electron chi connectivity index (χ3n) is 6.55. The van der Waals surface area contributed by atoms with Crippen LogP contribution in [-0.4, -0.2) is 29.8 Å². The first-order valence-corrected chi connectivity index (χ1v) is 11.1. The smallest absolute Gasteiger partial charge is 0.225 e. The molecule has 3 rings (SSSR count). The average Bonchev–Trinajstić information content (AvgIpc) is 3.56. The number of nitrogens with one attached hydrogen (secondary N) is 1. The molecule has 4 heteroatoms. The molecule has 154 valence electrons. The van der Waals surface area contributed by atoms with Gasteiger partial charge in [-0.1, -0.05) is 52.0 Å². The van der Waals surface area contributed by atoms with Crippen molar-refractivity contribution >= 4 is 11.8 Å². The summed E-state index contributed by atoms with van der Waals surface area (Å²) in [7, 11) is 0. The van der Waals surface area contributed by atoms with Crippen molar-refractivity contribution in [2.45, 2.75) is 71.8 Å². The Hall–Kier alpha value is -1.84. The Morgan fingerprint density at radius 2 is 1.54 bits per heavy atom. The third kappa shape index (κ3) is 4.95. The minimum absolute atomic E-state index is 0.0175. The first kappa shape index (κ1) is 20.9. The SMILES string of the molecule is CCC(C)c1ccc(C(NC(=O)C2CCN(C(=O)C3CC3)CC2)C(C)C)cc1. The van der Waals surface area contributed by atoms with Gasteiger partial charge >= 0.3 is 0 Å². The van der Waals surface area contributed by atoms with Gasteiger partial charge in [0.05, 0.1) is 6.04 Å². The Balaban J connectivity index is 1.58. The van der Waals surface area contributed by atoms with Crippen LogP contribution in [0.3, 0.4) is 0 Å². The molecule has 1 heterocycles. The molecule has 0 spiro atoms. The van der Waals surface area contributed by atoms with Gasteiger partial charge in [0, 0.05) is 24.9 Å². The second-order valence-corrected chi connectivity index (χ2v) is 9.08. The Labute approximate surface area is 170 Å². The predicted molar refractivity (Wildman–Crippen MR) is 113 cm³/mol. The summed E-state index contributed by atoms with van der Waals surface area (Å²) < 4.78 is 0. The fourth-order valence-electron chi connectivity index (χ4n) is 4.12. The van der Waals surface area contributed by atoms with E-state index in [-0.39, 0.29) is 23.8 Å². The van der Waals surface area contributed by atoms with Gasteiger partial charge in [-0.3, -0.25) is 9.59 Å². The number of hydrogen-bond acceptors (Lipinski definition) is 2. The van der Waals surface area contributed by atoms with Gasteiger partial charge in [-0.25, -0.2) is 0 Å². The largest absolute Gasteiger partial charge is 0.349 e. The lowest BCUT2D eigenvalue weighted by Crippen LogP contribution is -2.44. The molecule has 1 aromatic rings. The lowest BCUT2D eigenvalue weighted by Gasteiger charge is -2.33. The van der Waals surface area contributed by atoms with Crippen molar-refractivity contribution in [1.29, 1.82) is 0 Å². The van der Waals surface area contributed by atoms with Crippen LogP contribution >= 0.6 is 0 Å². The summed E-state index contributed by atoms with van der Waals surface area (Å²) in [5, 5.41) is 3.30. The molecule has 2 aliphatic rings. The highest BCUT2D eigenvalue weighted by Crippen LogP contribution is 2.33. The Morgan fingerprint density at radius 1 is 0.964 bits per heavy atom. The molecule has 2 atom stereocenters. The number of benzene rings is 1. The van der Waals surface area contributed by atoms with Crippen molar-refractivity contribution < 1.29 is 9.59 Å². The van der Waals surface area contributed by atoms with Crippen molar-refractivity contribution in [2.24, 2.45) is 17.8 Å². The second-order valence-electron chi connectivity index (χ2n) is 9.08. The van der Waals surface area contributed by atoms with Crippen LogP contribution in [-0.2, 0) is 9.59 Å². The molecule has 4 nitrogen and oxygen atoms in total. The molecule has 0 aromatic heterocycles. The van der Waals surface area contributed by atoms with Crippen molar-refractivity contribution in [3.8, 4) is 0 Å². The van der Waals surface area contributed by atoms with Crippen molar-refractivity contribution in [3.05, 3.63) is 35.4 Å². The van der Waals surface area contributed by atoms with Gasteiger partial charge in [-0.05, 0) is 55.1 Å². The van der Waals surface area contributed by atoms with E-state index in [2.05, 4.69) is 57.3 Å². The van der Waals surface area contributed by atoms with Gasteiger partial charge in [0.2, 0.25) is 11.8 Å². The average molecular weight is 385 g/mol.